The molecule has 0 radical (unpaired) electrons. The number of rotatable bonds is 3. The van der Waals surface area contributed by atoms with Crippen molar-refractivity contribution in [1.29, 1.82) is 0 Å². The molecule has 21 heavy (non-hydrogen) atoms. The summed E-state index contributed by atoms with van der Waals surface area (Å²) in [5.41, 5.74) is 1.33. The van der Waals surface area contributed by atoms with Gasteiger partial charge in [0.05, 0.1) is 16.9 Å². The lowest BCUT2D eigenvalue weighted by molar-refractivity contribution is -0.156. The maximum atomic E-state index is 11.2. The molecule has 3 atom stereocenters. The average Bonchev–Trinajstić information content (AvgIpc) is 2.76. The molecule has 3 unspecified atom stereocenters. The van der Waals surface area contributed by atoms with Crippen LogP contribution in [-0.4, -0.2) is 14.9 Å². The van der Waals surface area contributed by atoms with Crippen LogP contribution < -0.4 is 0 Å². The molecule has 4 fully saturated rings. The molecule has 116 valence electrons. The van der Waals surface area contributed by atoms with Crippen molar-refractivity contribution in [3.05, 3.63) is 16.9 Å². The van der Waals surface area contributed by atoms with E-state index in [1.54, 1.807) is 6.20 Å². The van der Waals surface area contributed by atoms with Crippen molar-refractivity contribution in [3.8, 4) is 0 Å². The first-order valence-corrected chi connectivity index (χ1v) is 8.72. The van der Waals surface area contributed by atoms with Crippen molar-refractivity contribution >= 4 is 11.6 Å². The number of aryl methyl sites for hydroxylation is 1. The molecule has 4 bridgehead atoms. The maximum absolute atomic E-state index is 11.2. The molecule has 1 N–H and O–H groups in total. The Hall–Kier alpha value is -0.540. The van der Waals surface area contributed by atoms with Crippen LogP contribution >= 0.6 is 11.6 Å². The van der Waals surface area contributed by atoms with Gasteiger partial charge in [0, 0.05) is 12.0 Å². The molecule has 0 aliphatic heterocycles. The Balaban J connectivity index is 1.73. The molecule has 5 rings (SSSR count). The van der Waals surface area contributed by atoms with Gasteiger partial charge in [-0.1, -0.05) is 18.5 Å². The Morgan fingerprint density at radius 1 is 1.38 bits per heavy atom. The minimum Gasteiger partial charge on any atom is -0.386 e. The van der Waals surface area contributed by atoms with Gasteiger partial charge in [-0.05, 0) is 62.7 Å². The number of hydrogen-bond donors (Lipinski definition) is 1. The zero-order chi connectivity index (χ0) is 14.8. The van der Waals surface area contributed by atoms with E-state index in [0.717, 1.165) is 30.5 Å². The quantitative estimate of drug-likeness (QED) is 0.909. The fourth-order valence-corrected chi connectivity index (χ4v) is 6.55. The molecule has 1 aromatic rings. The standard InChI is InChI=1S/C17H25ClN2O/c1-3-20-14(13(18)9-19-20)15(21)17-7-11-4-12(8-17)6-16(2,5-11)10-17/h9,11-12,15,21H,3-8,10H2,1-2H3. The van der Waals surface area contributed by atoms with E-state index in [1.807, 2.05) is 4.68 Å². The molecule has 4 heteroatoms. The summed E-state index contributed by atoms with van der Waals surface area (Å²) in [6.45, 7) is 5.25. The summed E-state index contributed by atoms with van der Waals surface area (Å²) >= 11 is 6.35. The molecule has 3 nitrogen and oxygen atoms in total. The van der Waals surface area contributed by atoms with E-state index in [0.29, 0.717) is 10.4 Å². The van der Waals surface area contributed by atoms with Gasteiger partial charge in [0.15, 0.2) is 0 Å². The highest BCUT2D eigenvalue weighted by Gasteiger charge is 2.59. The lowest BCUT2D eigenvalue weighted by Gasteiger charge is -2.62. The fraction of sp³-hybridized carbons (Fsp3) is 0.824. The molecule has 0 amide bonds. The van der Waals surface area contributed by atoms with Gasteiger partial charge in [0.2, 0.25) is 0 Å². The van der Waals surface area contributed by atoms with Gasteiger partial charge in [-0.25, -0.2) is 0 Å². The van der Waals surface area contributed by atoms with Gasteiger partial charge in [-0.3, -0.25) is 4.68 Å². The van der Waals surface area contributed by atoms with E-state index in [9.17, 15) is 5.11 Å². The third-order valence-corrected chi connectivity index (χ3v) is 6.66. The Morgan fingerprint density at radius 3 is 2.62 bits per heavy atom. The Labute approximate surface area is 131 Å². The third kappa shape index (κ3) is 2.00. The van der Waals surface area contributed by atoms with Gasteiger partial charge >= 0.3 is 0 Å². The molecule has 4 aliphatic rings. The zero-order valence-corrected chi connectivity index (χ0v) is 13.7. The summed E-state index contributed by atoms with van der Waals surface area (Å²) in [5.74, 6) is 1.62. The highest BCUT2D eigenvalue weighted by Crippen LogP contribution is 2.68. The number of aromatic nitrogens is 2. The lowest BCUT2D eigenvalue weighted by Crippen LogP contribution is -2.53. The molecule has 0 saturated heterocycles. The molecule has 4 aliphatic carbocycles. The van der Waals surface area contributed by atoms with Crippen LogP contribution in [0.1, 0.15) is 64.2 Å². The molecular weight excluding hydrogens is 284 g/mol. The molecular formula is C17H25ClN2O. The number of nitrogens with zero attached hydrogens (tertiary/aromatic N) is 2. The minimum atomic E-state index is -0.460. The summed E-state index contributed by atoms with van der Waals surface area (Å²) in [7, 11) is 0. The fourth-order valence-electron chi connectivity index (χ4n) is 6.30. The SMILES string of the molecule is CCn1ncc(Cl)c1C(O)C12CC3CC(CC(C)(C3)C1)C2. The van der Waals surface area contributed by atoms with Gasteiger partial charge in [0.1, 0.15) is 6.10 Å². The van der Waals surface area contributed by atoms with Crippen LogP contribution in [0.25, 0.3) is 0 Å². The van der Waals surface area contributed by atoms with E-state index >= 15 is 0 Å². The van der Waals surface area contributed by atoms with Crippen LogP contribution in [-0.2, 0) is 6.54 Å². The van der Waals surface area contributed by atoms with Crippen molar-refractivity contribution in [2.24, 2.45) is 22.7 Å². The predicted molar refractivity (Wildman–Crippen MR) is 83.1 cm³/mol. The van der Waals surface area contributed by atoms with Gasteiger partial charge in [0.25, 0.3) is 0 Å². The Kier molecular flexibility index (Phi) is 3.01. The van der Waals surface area contributed by atoms with Crippen LogP contribution in [0.15, 0.2) is 6.20 Å². The second-order valence-electron chi connectivity index (χ2n) is 8.23. The average molecular weight is 309 g/mol. The van der Waals surface area contributed by atoms with Crippen molar-refractivity contribution < 1.29 is 5.11 Å². The monoisotopic (exact) mass is 308 g/mol. The van der Waals surface area contributed by atoms with E-state index in [4.69, 9.17) is 11.6 Å². The number of aliphatic hydroxyl groups excluding tert-OH is 1. The highest BCUT2D eigenvalue weighted by atomic mass is 35.5. The molecule has 1 aromatic heterocycles. The second kappa shape index (κ2) is 4.48. The van der Waals surface area contributed by atoms with E-state index in [-0.39, 0.29) is 5.41 Å². The van der Waals surface area contributed by atoms with Crippen LogP contribution in [0, 0.1) is 22.7 Å². The first-order valence-electron chi connectivity index (χ1n) is 8.34. The van der Waals surface area contributed by atoms with Crippen LogP contribution in [0.4, 0.5) is 0 Å². The lowest BCUT2D eigenvalue weighted by atomic mass is 9.43. The first-order chi connectivity index (χ1) is 9.95. The summed E-state index contributed by atoms with van der Waals surface area (Å²) < 4.78 is 1.88. The topological polar surface area (TPSA) is 38.0 Å². The van der Waals surface area contributed by atoms with Gasteiger partial charge < -0.3 is 5.11 Å². The molecule has 0 spiro atoms. The predicted octanol–water partition coefficient (Wildman–Crippen LogP) is 4.20. The highest BCUT2D eigenvalue weighted by molar-refractivity contribution is 6.31. The third-order valence-electron chi connectivity index (χ3n) is 6.37. The summed E-state index contributed by atoms with van der Waals surface area (Å²) in [4.78, 5) is 0. The second-order valence-corrected chi connectivity index (χ2v) is 8.64. The minimum absolute atomic E-state index is 0.0371. The molecule has 1 heterocycles. The van der Waals surface area contributed by atoms with Crippen LogP contribution in [0.3, 0.4) is 0 Å². The summed E-state index contributed by atoms with van der Waals surface area (Å²) in [6.07, 6.45) is 8.82. The summed E-state index contributed by atoms with van der Waals surface area (Å²) in [6, 6.07) is 0. The van der Waals surface area contributed by atoms with Crippen molar-refractivity contribution in [2.45, 2.75) is 65.0 Å². The van der Waals surface area contributed by atoms with E-state index in [2.05, 4.69) is 18.9 Å². The Bertz CT molecular complexity index is 553. The molecule has 4 saturated carbocycles. The first kappa shape index (κ1) is 14.1. The number of aliphatic hydroxyl groups is 1. The Morgan fingerprint density at radius 2 is 2.05 bits per heavy atom. The van der Waals surface area contributed by atoms with Gasteiger partial charge in [-0.2, -0.15) is 5.10 Å². The maximum Gasteiger partial charge on any atom is 0.103 e. The summed E-state index contributed by atoms with van der Waals surface area (Å²) in [5, 5.41) is 16.2. The van der Waals surface area contributed by atoms with Crippen LogP contribution in [0.5, 0.6) is 0 Å². The van der Waals surface area contributed by atoms with E-state index < -0.39 is 6.10 Å². The molecule has 0 aromatic carbocycles. The van der Waals surface area contributed by atoms with E-state index in [1.165, 1.54) is 32.1 Å². The normalized spacial score (nSPS) is 42.5. The number of halogens is 1. The smallest absolute Gasteiger partial charge is 0.103 e. The van der Waals surface area contributed by atoms with Crippen molar-refractivity contribution in [2.75, 3.05) is 0 Å². The number of hydrogen-bond acceptors (Lipinski definition) is 2. The van der Waals surface area contributed by atoms with Gasteiger partial charge in [-0.15, -0.1) is 0 Å². The van der Waals surface area contributed by atoms with Crippen molar-refractivity contribution in [1.82, 2.24) is 9.78 Å². The van der Waals surface area contributed by atoms with Crippen LogP contribution in [0.2, 0.25) is 5.02 Å². The largest absolute Gasteiger partial charge is 0.386 e. The van der Waals surface area contributed by atoms with Crippen molar-refractivity contribution in [3.63, 3.8) is 0 Å². The zero-order valence-electron chi connectivity index (χ0n) is 13.0.